The lowest BCUT2D eigenvalue weighted by molar-refractivity contribution is -0.134. The topological polar surface area (TPSA) is 136 Å². The van der Waals surface area contributed by atoms with Crippen LogP contribution >= 0.6 is 11.8 Å². The van der Waals surface area contributed by atoms with E-state index in [9.17, 15) is 4.79 Å². The smallest absolute Gasteiger partial charge is 0.300 e. The van der Waals surface area contributed by atoms with E-state index in [1.54, 1.807) is 17.8 Å². The Morgan fingerprint density at radius 3 is 2.75 bits per heavy atom. The number of nitrogens with zero attached hydrogens (tertiary/aromatic N) is 3. The summed E-state index contributed by atoms with van der Waals surface area (Å²) in [6, 6.07) is 1.73. The quantitative estimate of drug-likeness (QED) is 0.616. The number of nitrogens with two attached hydrogens (primary N) is 1. The third-order valence-corrected chi connectivity index (χ3v) is 5.42. The molecule has 9 nitrogen and oxygen atoms in total. The van der Waals surface area contributed by atoms with Crippen LogP contribution in [0.2, 0.25) is 0 Å². The summed E-state index contributed by atoms with van der Waals surface area (Å²) in [4.78, 5) is 20.3. The van der Waals surface area contributed by atoms with Crippen LogP contribution in [0.1, 0.15) is 60.3 Å². The van der Waals surface area contributed by atoms with Gasteiger partial charge in [-0.25, -0.2) is 0 Å². The monoisotopic (exact) mass is 409 g/mol. The van der Waals surface area contributed by atoms with E-state index in [0.717, 1.165) is 55.2 Å². The zero-order valence-corrected chi connectivity index (χ0v) is 17.2. The number of furan rings is 1. The lowest BCUT2D eigenvalue weighted by Gasteiger charge is -2.21. The molecule has 2 aromatic rings. The van der Waals surface area contributed by atoms with E-state index in [2.05, 4.69) is 20.1 Å². The Bertz CT molecular complexity index is 807. The van der Waals surface area contributed by atoms with Crippen molar-refractivity contribution in [3.63, 3.8) is 0 Å². The van der Waals surface area contributed by atoms with Crippen molar-refractivity contribution in [2.24, 2.45) is 12.8 Å². The van der Waals surface area contributed by atoms with Crippen LogP contribution in [0.4, 0.5) is 0 Å². The lowest BCUT2D eigenvalue weighted by atomic mass is 9.99. The fourth-order valence-electron chi connectivity index (χ4n) is 3.03. The number of carboxylic acids is 1. The number of thioether (sulfide) groups is 1. The van der Waals surface area contributed by atoms with Crippen molar-refractivity contribution in [2.75, 3.05) is 13.1 Å². The second kappa shape index (κ2) is 10.3. The minimum atomic E-state index is -0.833. The summed E-state index contributed by atoms with van der Waals surface area (Å²) >= 11 is 1.60. The summed E-state index contributed by atoms with van der Waals surface area (Å²) in [7, 11) is 2.01. The van der Waals surface area contributed by atoms with Crippen molar-refractivity contribution in [3.8, 4) is 0 Å². The molecule has 1 unspecified atom stereocenters. The van der Waals surface area contributed by atoms with Crippen LogP contribution < -0.4 is 11.1 Å². The summed E-state index contributed by atoms with van der Waals surface area (Å²) < 4.78 is 7.58. The predicted molar refractivity (Wildman–Crippen MR) is 105 cm³/mol. The molecule has 0 radical (unpaired) electrons. The maximum atomic E-state index is 11.3. The number of piperidine rings is 1. The highest BCUT2D eigenvalue weighted by Crippen LogP contribution is 2.28. The fraction of sp³-hybridized carbons (Fsp3) is 0.556. The number of carbonyl (C=O) groups excluding carboxylic acids is 1. The molecule has 28 heavy (non-hydrogen) atoms. The van der Waals surface area contributed by atoms with Gasteiger partial charge in [-0.05, 0) is 25.5 Å². The van der Waals surface area contributed by atoms with Gasteiger partial charge in [-0.15, -0.1) is 10.2 Å². The molecular weight excluding hydrogens is 382 g/mol. The Balaban J connectivity index is 0.000000640. The average molecular weight is 410 g/mol. The van der Waals surface area contributed by atoms with Gasteiger partial charge in [0, 0.05) is 44.2 Å². The van der Waals surface area contributed by atoms with Gasteiger partial charge in [-0.2, -0.15) is 0 Å². The molecule has 154 valence electrons. The molecule has 0 aliphatic carbocycles. The summed E-state index contributed by atoms with van der Waals surface area (Å²) in [6.45, 7) is 5.12. The number of amides is 1. The molecule has 0 aromatic carbocycles. The van der Waals surface area contributed by atoms with Crippen molar-refractivity contribution in [1.82, 2.24) is 20.1 Å². The first-order valence-corrected chi connectivity index (χ1v) is 10.2. The number of rotatable bonds is 6. The molecule has 1 aliphatic rings. The van der Waals surface area contributed by atoms with E-state index in [1.807, 2.05) is 14.0 Å². The van der Waals surface area contributed by atoms with Gasteiger partial charge in [0.25, 0.3) is 11.9 Å². The van der Waals surface area contributed by atoms with Gasteiger partial charge in [0.05, 0.1) is 0 Å². The first-order valence-electron chi connectivity index (χ1n) is 9.17. The average Bonchev–Trinajstić information content (AvgIpc) is 3.23. The second-order valence-electron chi connectivity index (χ2n) is 6.53. The van der Waals surface area contributed by atoms with Gasteiger partial charge in [0.2, 0.25) is 0 Å². The number of nitrogens with one attached hydrogen (secondary N) is 1. The van der Waals surface area contributed by atoms with Gasteiger partial charge >= 0.3 is 0 Å². The minimum absolute atomic E-state index is 0.217. The molecule has 1 aliphatic heterocycles. The molecule has 1 amide bonds. The second-order valence-corrected chi connectivity index (χ2v) is 7.47. The van der Waals surface area contributed by atoms with Crippen molar-refractivity contribution >= 4 is 23.6 Å². The first kappa shape index (κ1) is 22.0. The van der Waals surface area contributed by atoms with Crippen molar-refractivity contribution < 1.29 is 19.1 Å². The molecule has 1 fully saturated rings. The molecule has 1 atom stereocenters. The molecule has 4 N–H and O–H groups in total. The minimum Gasteiger partial charge on any atom is -0.481 e. The van der Waals surface area contributed by atoms with Crippen LogP contribution in [-0.2, 0) is 24.0 Å². The van der Waals surface area contributed by atoms with Gasteiger partial charge in [0.1, 0.15) is 11.6 Å². The third kappa shape index (κ3) is 5.83. The Morgan fingerprint density at radius 2 is 2.18 bits per heavy atom. The van der Waals surface area contributed by atoms with Crippen LogP contribution in [0.3, 0.4) is 0 Å². The van der Waals surface area contributed by atoms with Crippen LogP contribution in [0.15, 0.2) is 15.6 Å². The molecule has 0 spiro atoms. The highest BCUT2D eigenvalue weighted by atomic mass is 32.2. The molecule has 0 bridgehead atoms. The largest absolute Gasteiger partial charge is 0.481 e. The highest BCUT2D eigenvalue weighted by molar-refractivity contribution is 7.98. The molecule has 0 saturated carbocycles. The van der Waals surface area contributed by atoms with E-state index >= 15 is 0 Å². The Labute approximate surface area is 168 Å². The number of aliphatic carboxylic acids is 1. The SMILES string of the molecule is CC(=O)O.CCc1oc(C(N)=O)cc1CSc1nnc(C2CCCNC2)n1C. The van der Waals surface area contributed by atoms with Gasteiger partial charge in [-0.3, -0.25) is 9.59 Å². The maximum absolute atomic E-state index is 11.3. The summed E-state index contributed by atoms with van der Waals surface area (Å²) in [5.41, 5.74) is 6.28. The summed E-state index contributed by atoms with van der Waals surface area (Å²) in [5.74, 6) is 1.78. The summed E-state index contributed by atoms with van der Waals surface area (Å²) in [5, 5.41) is 20.4. The Kier molecular flexibility index (Phi) is 8.06. The van der Waals surface area contributed by atoms with Crippen molar-refractivity contribution in [1.29, 1.82) is 0 Å². The summed E-state index contributed by atoms with van der Waals surface area (Å²) in [6.07, 6.45) is 3.04. The number of carboxylic acid groups (broad SMARTS) is 1. The molecule has 3 heterocycles. The Morgan fingerprint density at radius 1 is 1.46 bits per heavy atom. The van der Waals surface area contributed by atoms with E-state index in [1.165, 1.54) is 6.42 Å². The number of hydrogen-bond acceptors (Lipinski definition) is 7. The number of carbonyl (C=O) groups is 2. The van der Waals surface area contributed by atoms with Crippen LogP contribution in [-0.4, -0.2) is 44.8 Å². The van der Waals surface area contributed by atoms with Crippen LogP contribution in [0.25, 0.3) is 0 Å². The fourth-order valence-corrected chi connectivity index (χ4v) is 3.95. The number of aryl methyl sites for hydroxylation is 1. The number of primary amides is 1. The van der Waals surface area contributed by atoms with E-state index in [0.29, 0.717) is 11.7 Å². The van der Waals surface area contributed by atoms with E-state index in [4.69, 9.17) is 20.1 Å². The lowest BCUT2D eigenvalue weighted by Crippen LogP contribution is -2.29. The Hall–Kier alpha value is -2.33. The van der Waals surface area contributed by atoms with Gasteiger partial charge < -0.3 is 25.1 Å². The van der Waals surface area contributed by atoms with E-state index in [-0.39, 0.29) is 5.76 Å². The molecular formula is C18H27N5O4S. The normalized spacial score (nSPS) is 16.3. The van der Waals surface area contributed by atoms with E-state index < -0.39 is 11.9 Å². The number of aromatic nitrogens is 3. The molecule has 3 rings (SSSR count). The van der Waals surface area contributed by atoms with Gasteiger partial charge in [0.15, 0.2) is 10.9 Å². The molecule has 2 aromatic heterocycles. The van der Waals surface area contributed by atoms with Crippen molar-refractivity contribution in [3.05, 3.63) is 29.0 Å². The van der Waals surface area contributed by atoms with Crippen LogP contribution in [0.5, 0.6) is 0 Å². The maximum Gasteiger partial charge on any atom is 0.300 e. The molecule has 1 saturated heterocycles. The van der Waals surface area contributed by atoms with Crippen molar-refractivity contribution in [2.45, 2.75) is 49.9 Å². The first-order chi connectivity index (χ1) is 13.3. The predicted octanol–water partition coefficient (Wildman–Crippen LogP) is 1.92. The zero-order chi connectivity index (χ0) is 20.7. The zero-order valence-electron chi connectivity index (χ0n) is 16.4. The van der Waals surface area contributed by atoms with Gasteiger partial charge in [-0.1, -0.05) is 18.7 Å². The number of hydrogen-bond donors (Lipinski definition) is 3. The third-order valence-electron chi connectivity index (χ3n) is 4.35. The highest BCUT2D eigenvalue weighted by Gasteiger charge is 2.22. The molecule has 10 heteroatoms. The standard InChI is InChI=1S/C16H23N5O2S.C2H4O2/c1-3-12-11(7-13(23-12)14(17)22)9-24-16-20-19-15(21(16)2)10-5-4-6-18-8-10;1-2(3)4/h7,10,18H,3-6,8-9H2,1-2H3,(H2,17,22);1H3,(H,3,4). The van der Waals surface area contributed by atoms with Crippen LogP contribution in [0, 0.1) is 0 Å².